The van der Waals surface area contributed by atoms with Gasteiger partial charge in [0.25, 0.3) is 16.0 Å². The first-order chi connectivity index (χ1) is 25.2. The Morgan fingerprint density at radius 2 is 1.33 bits per heavy atom. The van der Waals surface area contributed by atoms with Crippen molar-refractivity contribution in [3.05, 3.63) is 66.7 Å². The number of anilines is 1. The number of carbonyl (C=O) groups excluding carboxylic acids is 1. The number of rotatable bonds is 24. The van der Waals surface area contributed by atoms with E-state index in [-0.39, 0.29) is 11.4 Å². The molecule has 0 aromatic heterocycles. The van der Waals surface area contributed by atoms with Gasteiger partial charge >= 0.3 is 0 Å². The Morgan fingerprint density at radius 1 is 0.731 bits per heavy atom. The van der Waals surface area contributed by atoms with Crippen LogP contribution < -0.4 is 19.2 Å². The van der Waals surface area contributed by atoms with Crippen LogP contribution >= 0.6 is 0 Å². The molecule has 52 heavy (non-hydrogen) atoms. The van der Waals surface area contributed by atoms with E-state index in [2.05, 4.69) is 22.3 Å². The number of hydrazone groups is 1. The highest BCUT2D eigenvalue weighted by atomic mass is 32.2. The molecule has 0 bridgehead atoms. The number of hydrogen-bond donors (Lipinski definition) is 1. The number of azo groups is 1. The normalized spacial score (nSPS) is 14.6. The summed E-state index contributed by atoms with van der Waals surface area (Å²) >= 11 is 0. The number of hydrogen-bond acceptors (Lipinski definition) is 9. The number of nitrogens with zero attached hydrogens (tertiary/aromatic N) is 4. The number of carbonyl (C=O) groups is 1. The summed E-state index contributed by atoms with van der Waals surface area (Å²) in [5, 5.41) is 14.5. The molecule has 3 aromatic carbocycles. The molecule has 4 rings (SSSR count). The number of benzene rings is 3. The fraction of sp³-hybridized carbons (Fsp3) is 0.500. The first kappa shape index (κ1) is 40.5. The minimum atomic E-state index is -4.73. The second-order valence-electron chi connectivity index (χ2n) is 13.1. The van der Waals surface area contributed by atoms with E-state index in [9.17, 15) is 17.8 Å². The van der Waals surface area contributed by atoms with Gasteiger partial charge in [-0.3, -0.25) is 9.35 Å². The van der Waals surface area contributed by atoms with E-state index in [4.69, 9.17) is 14.2 Å². The molecule has 0 saturated heterocycles. The number of para-hydroxylation sites is 1. The molecule has 12 heteroatoms. The maximum Gasteiger partial charge on any atom is 0.298 e. The molecule has 0 unspecified atom stereocenters. The van der Waals surface area contributed by atoms with E-state index in [0.717, 1.165) is 24.3 Å². The molecule has 3 aromatic rings. The van der Waals surface area contributed by atoms with Gasteiger partial charge in [0.1, 0.15) is 33.6 Å². The zero-order chi connectivity index (χ0) is 37.2. The van der Waals surface area contributed by atoms with Crippen LogP contribution in [0.4, 0.5) is 11.4 Å². The van der Waals surface area contributed by atoms with Crippen LogP contribution in [0, 0.1) is 0 Å². The van der Waals surface area contributed by atoms with E-state index in [1.54, 1.807) is 55.6 Å². The molecule has 0 aliphatic carbocycles. The molecule has 1 N–H and O–H groups in total. The lowest BCUT2D eigenvalue weighted by molar-refractivity contribution is -0.117. The molecule has 1 aliphatic rings. The van der Waals surface area contributed by atoms with E-state index >= 15 is 0 Å². The monoisotopic (exact) mass is 734 g/mol. The van der Waals surface area contributed by atoms with E-state index < -0.39 is 27.0 Å². The zero-order valence-electron chi connectivity index (χ0n) is 30.8. The lowest BCUT2D eigenvalue weighted by Crippen LogP contribution is -2.30. The maximum absolute atomic E-state index is 13.9. The van der Waals surface area contributed by atoms with E-state index in [1.807, 2.05) is 0 Å². The summed E-state index contributed by atoms with van der Waals surface area (Å²) < 4.78 is 51.5. The maximum atomic E-state index is 13.9. The van der Waals surface area contributed by atoms with E-state index in [1.165, 1.54) is 102 Å². The predicted molar refractivity (Wildman–Crippen MR) is 205 cm³/mol. The van der Waals surface area contributed by atoms with Crippen molar-refractivity contribution < 1.29 is 32.0 Å². The van der Waals surface area contributed by atoms with Gasteiger partial charge in [-0.2, -0.15) is 28.8 Å². The highest BCUT2D eigenvalue weighted by Crippen LogP contribution is 2.36. The van der Waals surface area contributed by atoms with Gasteiger partial charge in [0, 0.05) is 6.07 Å². The van der Waals surface area contributed by atoms with Gasteiger partial charge in [0.05, 0.1) is 25.6 Å². The van der Waals surface area contributed by atoms with Crippen LogP contribution in [0.2, 0.25) is 0 Å². The highest BCUT2D eigenvalue weighted by Gasteiger charge is 2.37. The average molecular weight is 735 g/mol. The average Bonchev–Trinajstić information content (AvgIpc) is 3.46. The molecule has 11 nitrogen and oxygen atoms in total. The van der Waals surface area contributed by atoms with Crippen molar-refractivity contribution >= 4 is 33.1 Å². The molecular weight excluding hydrogens is 681 g/mol. The molecule has 282 valence electrons. The largest absolute Gasteiger partial charge is 0.497 e. The molecule has 1 aliphatic heterocycles. The second-order valence-corrected chi connectivity index (χ2v) is 14.5. The number of methoxy groups -OCH3 is 2. The topological polar surface area (TPSA) is 139 Å². The van der Waals surface area contributed by atoms with Crippen molar-refractivity contribution in [1.29, 1.82) is 0 Å². The van der Waals surface area contributed by atoms with Crippen LogP contribution in [0.5, 0.6) is 23.0 Å². The molecule has 1 atom stereocenters. The second kappa shape index (κ2) is 21.3. The van der Waals surface area contributed by atoms with Gasteiger partial charge in [-0.25, -0.2) is 0 Å². The lowest BCUT2D eigenvalue weighted by atomic mass is 10.0. The van der Waals surface area contributed by atoms with Gasteiger partial charge in [0.15, 0.2) is 6.04 Å². The Hall–Kier alpha value is -4.29. The Balaban J connectivity index is 1.41. The van der Waals surface area contributed by atoms with Gasteiger partial charge in [-0.1, -0.05) is 115 Å². The third kappa shape index (κ3) is 12.4. The summed E-state index contributed by atoms with van der Waals surface area (Å²) in [5.41, 5.74) is 1.04. The first-order valence-corrected chi connectivity index (χ1v) is 20.1. The Bertz CT molecular complexity index is 1730. The third-order valence-electron chi connectivity index (χ3n) is 9.11. The van der Waals surface area contributed by atoms with Crippen molar-refractivity contribution in [1.82, 2.24) is 0 Å². The molecule has 1 heterocycles. The highest BCUT2D eigenvalue weighted by molar-refractivity contribution is 7.86. The van der Waals surface area contributed by atoms with Crippen LogP contribution in [0.15, 0.2) is 87.0 Å². The van der Waals surface area contributed by atoms with Crippen LogP contribution in [0.1, 0.15) is 110 Å². The summed E-state index contributed by atoms with van der Waals surface area (Å²) in [6.07, 6.45) is 19.2. The van der Waals surface area contributed by atoms with Crippen molar-refractivity contribution in [3.8, 4) is 23.0 Å². The van der Waals surface area contributed by atoms with Crippen molar-refractivity contribution in [3.63, 3.8) is 0 Å². The van der Waals surface area contributed by atoms with Gasteiger partial charge in [0.2, 0.25) is 0 Å². The molecule has 1 amide bonds. The Kier molecular flexibility index (Phi) is 16.6. The van der Waals surface area contributed by atoms with E-state index in [0.29, 0.717) is 35.1 Å². The quantitative estimate of drug-likeness (QED) is 0.0549. The van der Waals surface area contributed by atoms with Gasteiger partial charge < -0.3 is 14.2 Å². The summed E-state index contributed by atoms with van der Waals surface area (Å²) in [5.74, 6) is 0.803. The van der Waals surface area contributed by atoms with Crippen LogP contribution in [-0.2, 0) is 14.9 Å². The van der Waals surface area contributed by atoms with Crippen LogP contribution in [0.25, 0.3) is 0 Å². The number of ether oxygens (including phenoxy) is 3. The lowest BCUT2D eigenvalue weighted by Gasteiger charge is -2.16. The van der Waals surface area contributed by atoms with Crippen LogP contribution in [0.3, 0.4) is 0 Å². The van der Waals surface area contributed by atoms with Gasteiger partial charge in [-0.15, -0.1) is 0 Å². The number of amides is 1. The summed E-state index contributed by atoms with van der Waals surface area (Å²) in [4.78, 5) is 13.4. The van der Waals surface area contributed by atoms with Crippen molar-refractivity contribution in [2.45, 2.75) is 121 Å². The molecule has 0 spiro atoms. The van der Waals surface area contributed by atoms with Crippen molar-refractivity contribution in [2.24, 2.45) is 15.3 Å². The molecule has 0 fully saturated rings. The summed E-state index contributed by atoms with van der Waals surface area (Å²) in [6, 6.07) is 16.7. The predicted octanol–water partition coefficient (Wildman–Crippen LogP) is 10.9. The molecule has 0 radical (unpaired) electrons. The smallest absolute Gasteiger partial charge is 0.298 e. The SMILES string of the molecule is CCCCCCCCCCCCCCCCCC1=NN(c2ccc(Oc3ccccc3)c(S(=O)(=O)O)c2)C(=O)[C@@H]1N=Nc1cc(OC)ccc1OC. The standard InChI is InChI=1S/C40H54N4O7S/c1-4-5-6-7-8-9-10-11-12-13-14-15-16-17-21-24-34-39(42-41-35-30-33(49-2)26-28-36(35)50-3)40(45)44(43-34)31-25-27-37(38(29-31)52(46,47)48)51-32-22-19-18-20-23-32/h18-20,22-23,25-30,39H,4-17,21,24H2,1-3H3,(H,46,47,48)/t39-/m1/s1. The Morgan fingerprint density at radius 3 is 1.90 bits per heavy atom. The van der Waals surface area contributed by atoms with Crippen molar-refractivity contribution in [2.75, 3.05) is 19.2 Å². The minimum Gasteiger partial charge on any atom is -0.497 e. The van der Waals surface area contributed by atoms with Crippen LogP contribution in [-0.4, -0.2) is 44.9 Å². The molecule has 0 saturated carbocycles. The third-order valence-corrected chi connectivity index (χ3v) is 9.99. The molecular formula is C40H54N4O7S. The first-order valence-electron chi connectivity index (χ1n) is 18.6. The Labute approximate surface area is 309 Å². The van der Waals surface area contributed by atoms with Gasteiger partial charge in [-0.05, 0) is 55.3 Å². The fourth-order valence-corrected chi connectivity index (χ4v) is 6.81. The summed E-state index contributed by atoms with van der Waals surface area (Å²) in [7, 11) is -1.67. The fourth-order valence-electron chi connectivity index (χ4n) is 6.18. The number of unbranched alkanes of at least 4 members (excludes halogenated alkanes) is 14. The summed E-state index contributed by atoms with van der Waals surface area (Å²) in [6.45, 7) is 2.26. The zero-order valence-corrected chi connectivity index (χ0v) is 31.7. The minimum absolute atomic E-state index is 0.0903.